The molecule has 2 nitrogen and oxygen atoms in total. The second kappa shape index (κ2) is 4.54. The molecular weight excluding hydrogens is 150 g/mol. The normalized spacial score (nSPS) is 12.1. The average Bonchev–Trinajstić information content (AvgIpc) is 2.15. The van der Waals surface area contributed by atoms with Gasteiger partial charge in [-0.05, 0) is 12.0 Å². The van der Waals surface area contributed by atoms with Crippen LogP contribution in [0.25, 0.3) is 0 Å². The maximum Gasteiger partial charge on any atom is 0.152 e. The fraction of sp³-hybridized carbons (Fsp3) is 0.300. The second-order valence-corrected chi connectivity index (χ2v) is 2.54. The summed E-state index contributed by atoms with van der Waals surface area (Å²) < 4.78 is 0. The number of rotatable bonds is 4. The van der Waals surface area contributed by atoms with E-state index in [0.717, 1.165) is 12.0 Å². The molecule has 0 aliphatic carbocycles. The van der Waals surface area contributed by atoms with Crippen LogP contribution in [0.15, 0.2) is 35.5 Å². The molecule has 0 radical (unpaired) electrons. The molecule has 2 heteroatoms. The summed E-state index contributed by atoms with van der Waals surface area (Å²) in [6, 6.07) is 10.0. The van der Waals surface area contributed by atoms with Crippen LogP contribution in [0.1, 0.15) is 25.0 Å². The van der Waals surface area contributed by atoms with E-state index >= 15 is 0 Å². The summed E-state index contributed by atoms with van der Waals surface area (Å²) >= 11 is 0. The van der Waals surface area contributed by atoms with Gasteiger partial charge in [-0.15, -0.1) is 5.16 Å². The van der Waals surface area contributed by atoms with Gasteiger partial charge in [-0.3, -0.25) is 0 Å². The van der Waals surface area contributed by atoms with Crippen molar-refractivity contribution in [3.63, 3.8) is 0 Å². The molecular formula is C10H13NO. The number of nitrogens with zero attached hydrogens (tertiary/aromatic N) is 1. The van der Waals surface area contributed by atoms with Gasteiger partial charge in [0.25, 0.3) is 0 Å². The topological polar surface area (TPSA) is 21.6 Å². The lowest BCUT2D eigenvalue weighted by molar-refractivity contribution is 0.0578. The zero-order chi connectivity index (χ0) is 8.81. The minimum absolute atomic E-state index is 0.0451. The highest BCUT2D eigenvalue weighted by Gasteiger charge is 2.07. The molecule has 64 valence electrons. The van der Waals surface area contributed by atoms with Gasteiger partial charge in [-0.1, -0.05) is 37.3 Å². The standard InChI is InChI=1S/C10H13NO/c1-3-10(12-11-2)9-7-5-4-6-8-9/h4-8,10H,2-3H2,1H3/t10-/m0/s1. The predicted molar refractivity (Wildman–Crippen MR) is 50.1 cm³/mol. The Balaban J connectivity index is 2.72. The minimum Gasteiger partial charge on any atom is -0.388 e. The quantitative estimate of drug-likeness (QED) is 0.494. The van der Waals surface area contributed by atoms with Crippen molar-refractivity contribution in [1.29, 1.82) is 0 Å². The van der Waals surface area contributed by atoms with Gasteiger partial charge in [-0.25, -0.2) is 0 Å². The molecule has 1 aromatic carbocycles. The van der Waals surface area contributed by atoms with E-state index in [1.54, 1.807) is 0 Å². The van der Waals surface area contributed by atoms with E-state index in [0.29, 0.717) is 0 Å². The molecule has 12 heavy (non-hydrogen) atoms. The lowest BCUT2D eigenvalue weighted by atomic mass is 10.1. The fourth-order valence-corrected chi connectivity index (χ4v) is 1.13. The lowest BCUT2D eigenvalue weighted by Gasteiger charge is -2.11. The third-order valence-corrected chi connectivity index (χ3v) is 1.74. The lowest BCUT2D eigenvalue weighted by Crippen LogP contribution is -1.97. The van der Waals surface area contributed by atoms with Crippen LogP contribution in [-0.4, -0.2) is 6.72 Å². The monoisotopic (exact) mass is 163 g/mol. The highest BCUT2D eigenvalue weighted by molar-refractivity contribution is 5.22. The van der Waals surface area contributed by atoms with Gasteiger partial charge in [0.05, 0.1) is 0 Å². The van der Waals surface area contributed by atoms with Crippen LogP contribution in [0, 0.1) is 0 Å². The van der Waals surface area contributed by atoms with Crippen molar-refractivity contribution in [2.24, 2.45) is 5.16 Å². The molecule has 1 atom stereocenters. The molecule has 0 bridgehead atoms. The summed E-state index contributed by atoms with van der Waals surface area (Å²) in [6.45, 7) is 5.36. The molecule has 0 aromatic heterocycles. The van der Waals surface area contributed by atoms with Crippen molar-refractivity contribution in [3.8, 4) is 0 Å². The first-order valence-corrected chi connectivity index (χ1v) is 4.05. The molecule has 0 spiro atoms. The minimum atomic E-state index is 0.0451. The highest BCUT2D eigenvalue weighted by Crippen LogP contribution is 2.19. The summed E-state index contributed by atoms with van der Waals surface area (Å²) in [7, 11) is 0. The zero-order valence-electron chi connectivity index (χ0n) is 7.23. The average molecular weight is 163 g/mol. The fourth-order valence-electron chi connectivity index (χ4n) is 1.13. The van der Waals surface area contributed by atoms with Crippen LogP contribution in [0.3, 0.4) is 0 Å². The second-order valence-electron chi connectivity index (χ2n) is 2.54. The first kappa shape index (κ1) is 8.78. The van der Waals surface area contributed by atoms with Crippen molar-refractivity contribution in [3.05, 3.63) is 35.9 Å². The number of oxime groups is 1. The van der Waals surface area contributed by atoms with Crippen LogP contribution in [0.5, 0.6) is 0 Å². The van der Waals surface area contributed by atoms with E-state index in [1.807, 2.05) is 30.3 Å². The van der Waals surface area contributed by atoms with Gasteiger partial charge in [0.2, 0.25) is 0 Å². The van der Waals surface area contributed by atoms with Gasteiger partial charge in [0, 0.05) is 6.72 Å². The van der Waals surface area contributed by atoms with Gasteiger partial charge in [0.15, 0.2) is 6.10 Å². The number of hydrogen-bond donors (Lipinski definition) is 0. The third-order valence-electron chi connectivity index (χ3n) is 1.74. The van der Waals surface area contributed by atoms with Crippen LogP contribution >= 0.6 is 0 Å². The van der Waals surface area contributed by atoms with Gasteiger partial charge in [-0.2, -0.15) is 0 Å². The Morgan fingerprint density at radius 3 is 2.58 bits per heavy atom. The molecule has 1 rings (SSSR count). The Labute approximate surface area is 72.9 Å². The molecule has 0 aliphatic rings. The summed E-state index contributed by atoms with van der Waals surface area (Å²) in [5.74, 6) is 0. The van der Waals surface area contributed by atoms with E-state index in [2.05, 4.69) is 18.8 Å². The summed E-state index contributed by atoms with van der Waals surface area (Å²) in [4.78, 5) is 5.09. The van der Waals surface area contributed by atoms with E-state index in [4.69, 9.17) is 4.84 Å². The third kappa shape index (κ3) is 2.09. The van der Waals surface area contributed by atoms with E-state index in [1.165, 1.54) is 0 Å². The molecule has 0 saturated heterocycles. The van der Waals surface area contributed by atoms with Crippen molar-refractivity contribution in [1.82, 2.24) is 0 Å². The van der Waals surface area contributed by atoms with E-state index in [9.17, 15) is 0 Å². The summed E-state index contributed by atoms with van der Waals surface area (Å²) in [5, 5.41) is 3.43. The highest BCUT2D eigenvalue weighted by atomic mass is 16.6. The van der Waals surface area contributed by atoms with Crippen LogP contribution < -0.4 is 0 Å². The van der Waals surface area contributed by atoms with Crippen molar-refractivity contribution < 1.29 is 4.84 Å². The molecule has 0 unspecified atom stereocenters. The summed E-state index contributed by atoms with van der Waals surface area (Å²) in [6.07, 6.45) is 0.951. The first-order valence-electron chi connectivity index (χ1n) is 4.05. The van der Waals surface area contributed by atoms with Crippen molar-refractivity contribution in [2.75, 3.05) is 0 Å². The molecule has 0 heterocycles. The van der Waals surface area contributed by atoms with Gasteiger partial charge in [0.1, 0.15) is 0 Å². The zero-order valence-corrected chi connectivity index (χ0v) is 7.23. The Kier molecular flexibility index (Phi) is 3.33. The van der Waals surface area contributed by atoms with Gasteiger partial charge >= 0.3 is 0 Å². The number of benzene rings is 1. The van der Waals surface area contributed by atoms with E-state index in [-0.39, 0.29) is 6.10 Å². The maximum absolute atomic E-state index is 5.09. The number of hydrogen-bond acceptors (Lipinski definition) is 2. The van der Waals surface area contributed by atoms with Gasteiger partial charge < -0.3 is 4.84 Å². The summed E-state index contributed by atoms with van der Waals surface area (Å²) in [5.41, 5.74) is 1.15. The first-order chi connectivity index (χ1) is 5.88. The SMILES string of the molecule is C=NO[C@@H](CC)c1ccccc1. The largest absolute Gasteiger partial charge is 0.388 e. The Morgan fingerprint density at radius 2 is 2.08 bits per heavy atom. The Hall–Kier alpha value is -1.31. The predicted octanol–water partition coefficient (Wildman–Crippen LogP) is 2.77. The molecule has 0 saturated carbocycles. The molecule has 1 aromatic rings. The van der Waals surface area contributed by atoms with Crippen LogP contribution in [0.4, 0.5) is 0 Å². The van der Waals surface area contributed by atoms with Crippen molar-refractivity contribution in [2.45, 2.75) is 19.4 Å². The maximum atomic E-state index is 5.09. The molecule has 0 amide bonds. The van der Waals surface area contributed by atoms with Crippen LogP contribution in [-0.2, 0) is 4.84 Å². The van der Waals surface area contributed by atoms with Crippen LogP contribution in [0.2, 0.25) is 0 Å². The smallest absolute Gasteiger partial charge is 0.152 e. The molecule has 0 fully saturated rings. The van der Waals surface area contributed by atoms with Crippen molar-refractivity contribution >= 4 is 6.72 Å². The Morgan fingerprint density at radius 1 is 1.42 bits per heavy atom. The van der Waals surface area contributed by atoms with E-state index < -0.39 is 0 Å². The Bertz CT molecular complexity index is 233. The molecule has 0 aliphatic heterocycles. The molecule has 0 N–H and O–H groups in total.